The minimum absolute atomic E-state index is 0.0565. The molecule has 1 heterocycles. The van der Waals surface area contributed by atoms with Gasteiger partial charge in [-0.3, -0.25) is 14.7 Å². The lowest BCUT2D eigenvalue weighted by molar-refractivity contribution is 0.101. The van der Waals surface area contributed by atoms with Gasteiger partial charge >= 0.3 is 0 Å². The number of rotatable bonds is 9. The molecule has 0 fully saturated rings. The highest BCUT2D eigenvalue weighted by Crippen LogP contribution is 2.42. The van der Waals surface area contributed by atoms with E-state index in [4.69, 9.17) is 23.9 Å². The van der Waals surface area contributed by atoms with E-state index in [2.05, 4.69) is 32.6 Å². The standard InChI is InChI=1S/C28H36N2O5/c1-10-30(28(3,4)5)16-21-26(17(2)31)27(18-11-12-22(32-6)23(13-18)33-7)19-14-24(34-8)25(35-9)15-20(19)29-21/h11-15H,10,16H2,1-9H3. The van der Waals surface area contributed by atoms with Crippen molar-refractivity contribution in [2.75, 3.05) is 35.0 Å². The van der Waals surface area contributed by atoms with Crippen molar-refractivity contribution in [2.24, 2.45) is 0 Å². The van der Waals surface area contributed by atoms with Crippen molar-refractivity contribution in [3.05, 3.63) is 41.6 Å². The van der Waals surface area contributed by atoms with Crippen molar-refractivity contribution >= 4 is 16.7 Å². The minimum Gasteiger partial charge on any atom is -0.493 e. The fourth-order valence-corrected chi connectivity index (χ4v) is 4.43. The third kappa shape index (κ3) is 5.20. The molecule has 3 aromatic rings. The van der Waals surface area contributed by atoms with E-state index >= 15 is 0 Å². The first kappa shape index (κ1) is 26.3. The molecule has 35 heavy (non-hydrogen) atoms. The zero-order valence-corrected chi connectivity index (χ0v) is 22.2. The molecule has 0 bridgehead atoms. The number of aromatic nitrogens is 1. The molecule has 0 saturated carbocycles. The summed E-state index contributed by atoms with van der Waals surface area (Å²) in [7, 11) is 6.39. The minimum atomic E-state index is -0.0967. The van der Waals surface area contributed by atoms with Crippen LogP contribution >= 0.6 is 0 Å². The van der Waals surface area contributed by atoms with Crippen LogP contribution in [-0.2, 0) is 6.54 Å². The van der Waals surface area contributed by atoms with E-state index in [1.54, 1.807) is 35.4 Å². The highest BCUT2D eigenvalue weighted by Gasteiger charge is 2.27. The van der Waals surface area contributed by atoms with E-state index in [1.165, 1.54) is 0 Å². The van der Waals surface area contributed by atoms with Crippen molar-refractivity contribution in [3.63, 3.8) is 0 Å². The predicted molar refractivity (Wildman–Crippen MR) is 139 cm³/mol. The van der Waals surface area contributed by atoms with Gasteiger partial charge in [0, 0.05) is 34.7 Å². The molecule has 2 aromatic carbocycles. The first-order valence-electron chi connectivity index (χ1n) is 11.7. The molecule has 0 amide bonds. The molecule has 0 aliphatic heterocycles. The molecule has 0 atom stereocenters. The summed E-state index contributed by atoms with van der Waals surface area (Å²) >= 11 is 0. The molecule has 0 saturated heterocycles. The maximum atomic E-state index is 13.2. The van der Waals surface area contributed by atoms with Gasteiger partial charge < -0.3 is 18.9 Å². The zero-order valence-electron chi connectivity index (χ0n) is 22.2. The lowest BCUT2D eigenvalue weighted by Gasteiger charge is -2.35. The van der Waals surface area contributed by atoms with E-state index in [9.17, 15) is 4.79 Å². The number of carbonyl (C=O) groups is 1. The summed E-state index contributed by atoms with van der Waals surface area (Å²) < 4.78 is 22.1. The molecule has 0 unspecified atom stereocenters. The second kappa shape index (κ2) is 10.5. The van der Waals surface area contributed by atoms with Gasteiger partial charge in [0.05, 0.1) is 39.6 Å². The number of carbonyl (C=O) groups excluding carboxylic acids is 1. The number of benzene rings is 2. The number of nitrogens with zero attached hydrogens (tertiary/aromatic N) is 2. The van der Waals surface area contributed by atoms with E-state index in [-0.39, 0.29) is 11.3 Å². The Bertz CT molecular complexity index is 1230. The summed E-state index contributed by atoms with van der Waals surface area (Å²) in [5.74, 6) is 2.28. The number of hydrogen-bond acceptors (Lipinski definition) is 7. The molecule has 0 aliphatic rings. The topological polar surface area (TPSA) is 70.1 Å². The summed E-state index contributed by atoms with van der Waals surface area (Å²) in [4.78, 5) is 20.5. The van der Waals surface area contributed by atoms with Crippen molar-refractivity contribution in [1.29, 1.82) is 0 Å². The van der Waals surface area contributed by atoms with Gasteiger partial charge in [-0.15, -0.1) is 0 Å². The summed E-state index contributed by atoms with van der Waals surface area (Å²) in [6.07, 6.45) is 0. The molecule has 0 N–H and O–H groups in total. The third-order valence-electron chi connectivity index (χ3n) is 6.26. The number of methoxy groups -OCH3 is 4. The molecule has 0 spiro atoms. The maximum absolute atomic E-state index is 13.2. The van der Waals surface area contributed by atoms with Crippen molar-refractivity contribution in [1.82, 2.24) is 9.88 Å². The second-order valence-electron chi connectivity index (χ2n) is 9.34. The quantitative estimate of drug-likeness (QED) is 0.361. The van der Waals surface area contributed by atoms with E-state index in [1.807, 2.05) is 30.3 Å². The van der Waals surface area contributed by atoms with Crippen molar-refractivity contribution in [2.45, 2.75) is 46.7 Å². The number of pyridine rings is 1. The summed E-state index contributed by atoms with van der Waals surface area (Å²) in [6.45, 7) is 11.5. The SMILES string of the molecule is CCN(Cc1nc2cc(OC)c(OC)cc2c(-c2ccc(OC)c(OC)c2)c1C(C)=O)C(C)(C)C. The highest BCUT2D eigenvalue weighted by molar-refractivity contribution is 6.10. The summed E-state index contributed by atoms with van der Waals surface area (Å²) in [5.41, 5.74) is 3.54. The van der Waals surface area contributed by atoms with Gasteiger partial charge in [-0.25, -0.2) is 0 Å². The second-order valence-corrected chi connectivity index (χ2v) is 9.34. The Morgan fingerprint density at radius 3 is 1.97 bits per heavy atom. The van der Waals surface area contributed by atoms with E-state index < -0.39 is 0 Å². The Morgan fingerprint density at radius 2 is 1.46 bits per heavy atom. The molecule has 0 aliphatic carbocycles. The molecule has 7 nitrogen and oxygen atoms in total. The average Bonchev–Trinajstić information content (AvgIpc) is 2.83. The first-order valence-corrected chi connectivity index (χ1v) is 11.7. The number of ether oxygens (including phenoxy) is 4. The maximum Gasteiger partial charge on any atom is 0.162 e. The van der Waals surface area contributed by atoms with Crippen molar-refractivity contribution in [3.8, 4) is 34.1 Å². The Labute approximate surface area is 208 Å². The number of Topliss-reactive ketones (excluding diaryl/α,β-unsaturated/α-hetero) is 1. The number of ketones is 1. The largest absolute Gasteiger partial charge is 0.493 e. The van der Waals surface area contributed by atoms with Gasteiger partial charge in [0.2, 0.25) is 0 Å². The van der Waals surface area contributed by atoms with Crippen LogP contribution in [0.4, 0.5) is 0 Å². The van der Waals surface area contributed by atoms with Crippen LogP contribution in [-0.4, -0.2) is 56.2 Å². The lowest BCUT2D eigenvalue weighted by atomic mass is 9.91. The Morgan fingerprint density at radius 1 is 0.886 bits per heavy atom. The fraction of sp³-hybridized carbons (Fsp3) is 0.429. The third-order valence-corrected chi connectivity index (χ3v) is 6.26. The van der Waals surface area contributed by atoms with Crippen LogP contribution in [0.3, 0.4) is 0 Å². The van der Waals surface area contributed by atoms with Gasteiger partial charge in [0.1, 0.15) is 0 Å². The number of hydrogen-bond donors (Lipinski definition) is 0. The Hall–Kier alpha value is -3.32. The molecule has 3 rings (SSSR count). The summed E-state index contributed by atoms with van der Waals surface area (Å²) in [5, 5.41) is 0.794. The monoisotopic (exact) mass is 480 g/mol. The van der Waals surface area contributed by atoms with Crippen LogP contribution in [0.1, 0.15) is 50.7 Å². The van der Waals surface area contributed by atoms with Crippen LogP contribution < -0.4 is 18.9 Å². The first-order chi connectivity index (χ1) is 16.6. The van der Waals surface area contributed by atoms with Crippen molar-refractivity contribution < 1.29 is 23.7 Å². The van der Waals surface area contributed by atoms with Crippen LogP contribution in [0.15, 0.2) is 30.3 Å². The van der Waals surface area contributed by atoms with Crippen LogP contribution in [0.25, 0.3) is 22.0 Å². The van der Waals surface area contributed by atoms with Crippen LogP contribution in [0, 0.1) is 0 Å². The van der Waals surface area contributed by atoms with Crippen LogP contribution in [0.2, 0.25) is 0 Å². The number of fused-ring (bicyclic) bond motifs is 1. The molecular weight excluding hydrogens is 444 g/mol. The molecule has 7 heteroatoms. The van der Waals surface area contributed by atoms with Gasteiger partial charge in [-0.1, -0.05) is 13.0 Å². The highest BCUT2D eigenvalue weighted by atomic mass is 16.5. The smallest absolute Gasteiger partial charge is 0.162 e. The summed E-state index contributed by atoms with van der Waals surface area (Å²) in [6, 6.07) is 9.41. The average molecular weight is 481 g/mol. The Kier molecular flexibility index (Phi) is 7.90. The van der Waals surface area contributed by atoms with Gasteiger partial charge in [0.15, 0.2) is 28.8 Å². The lowest BCUT2D eigenvalue weighted by Crippen LogP contribution is -2.41. The zero-order chi connectivity index (χ0) is 25.9. The fourth-order valence-electron chi connectivity index (χ4n) is 4.43. The van der Waals surface area contributed by atoms with Gasteiger partial charge in [0.25, 0.3) is 0 Å². The predicted octanol–water partition coefficient (Wildman–Crippen LogP) is 5.76. The van der Waals surface area contributed by atoms with Gasteiger partial charge in [-0.2, -0.15) is 0 Å². The van der Waals surface area contributed by atoms with E-state index in [0.717, 1.165) is 34.3 Å². The molecular formula is C28H36N2O5. The van der Waals surface area contributed by atoms with Gasteiger partial charge in [-0.05, 0) is 58.0 Å². The molecule has 0 radical (unpaired) electrons. The van der Waals surface area contributed by atoms with Crippen LogP contribution in [0.5, 0.6) is 23.0 Å². The molecule has 1 aromatic heterocycles. The molecule has 188 valence electrons. The van der Waals surface area contributed by atoms with E-state index in [0.29, 0.717) is 35.1 Å². The Balaban J connectivity index is 2.46. The normalized spacial score (nSPS) is 11.6.